The Morgan fingerprint density at radius 1 is 1.24 bits per heavy atom. The fourth-order valence-electron chi connectivity index (χ4n) is 2.02. The van der Waals surface area contributed by atoms with Crippen LogP contribution >= 0.6 is 0 Å². The summed E-state index contributed by atoms with van der Waals surface area (Å²) in [5.41, 5.74) is 4.52. The zero-order chi connectivity index (χ0) is 15.8. The van der Waals surface area contributed by atoms with Crippen LogP contribution in [0.25, 0.3) is 0 Å². The number of hydrogen-bond acceptors (Lipinski definition) is 7. The molecule has 116 valence electrons. The van der Waals surface area contributed by atoms with Gasteiger partial charge < -0.3 is 5.73 Å². The number of para-hydroxylation sites is 1. The summed E-state index contributed by atoms with van der Waals surface area (Å²) in [7, 11) is -7.42. The normalized spacial score (nSPS) is 19.2. The Hall–Kier alpha value is -1.72. The molecule has 2 N–H and O–H groups in total. The van der Waals surface area contributed by atoms with Crippen LogP contribution in [0.5, 0.6) is 0 Å². The number of nitro groups is 1. The van der Waals surface area contributed by atoms with Gasteiger partial charge in [-0.25, -0.2) is 16.8 Å². The zero-order valence-corrected chi connectivity index (χ0v) is 12.4. The van der Waals surface area contributed by atoms with Crippen molar-refractivity contribution in [1.82, 2.24) is 4.31 Å². The van der Waals surface area contributed by atoms with Crippen molar-refractivity contribution in [3.63, 3.8) is 0 Å². The van der Waals surface area contributed by atoms with Crippen LogP contribution in [0.15, 0.2) is 23.1 Å². The fraction of sp³-hybridized carbons (Fsp3) is 0.400. The van der Waals surface area contributed by atoms with Crippen LogP contribution in [0, 0.1) is 10.1 Å². The molecule has 0 aliphatic carbocycles. The van der Waals surface area contributed by atoms with Crippen LogP contribution in [0.4, 0.5) is 11.4 Å². The highest BCUT2D eigenvalue weighted by atomic mass is 32.2. The van der Waals surface area contributed by atoms with E-state index in [2.05, 4.69) is 0 Å². The minimum Gasteiger partial charge on any atom is -0.393 e. The molecule has 0 amide bonds. The van der Waals surface area contributed by atoms with Gasteiger partial charge in [0.15, 0.2) is 14.7 Å². The van der Waals surface area contributed by atoms with E-state index in [9.17, 15) is 26.9 Å². The Balaban J connectivity index is 2.46. The molecule has 0 bridgehead atoms. The zero-order valence-electron chi connectivity index (χ0n) is 10.8. The van der Waals surface area contributed by atoms with Crippen molar-refractivity contribution in [2.24, 2.45) is 0 Å². The summed E-state index contributed by atoms with van der Waals surface area (Å²) >= 11 is 0. The molecule has 1 fully saturated rings. The summed E-state index contributed by atoms with van der Waals surface area (Å²) in [5, 5.41) is 11.0. The van der Waals surface area contributed by atoms with E-state index in [1.54, 1.807) is 0 Å². The fourth-order valence-corrected chi connectivity index (χ4v) is 5.08. The molecule has 21 heavy (non-hydrogen) atoms. The molecule has 0 aromatic heterocycles. The van der Waals surface area contributed by atoms with Crippen molar-refractivity contribution < 1.29 is 21.8 Å². The van der Waals surface area contributed by atoms with Crippen molar-refractivity contribution in [1.29, 1.82) is 0 Å². The van der Waals surface area contributed by atoms with Crippen molar-refractivity contribution in [3.8, 4) is 0 Å². The van der Waals surface area contributed by atoms with E-state index in [4.69, 9.17) is 5.73 Å². The molecule has 1 aromatic carbocycles. The molecule has 0 radical (unpaired) electrons. The van der Waals surface area contributed by atoms with E-state index in [1.165, 1.54) is 12.1 Å². The molecule has 11 heteroatoms. The topological polar surface area (TPSA) is 141 Å². The number of nitro benzene ring substituents is 1. The first kappa shape index (κ1) is 15.7. The third kappa shape index (κ3) is 2.99. The SMILES string of the molecule is Nc1cccc(S(=O)(=O)N2CCS(=O)(=O)CC2)c1[N+](=O)[O-]. The molecule has 1 aliphatic rings. The van der Waals surface area contributed by atoms with E-state index in [-0.39, 0.29) is 30.3 Å². The van der Waals surface area contributed by atoms with Gasteiger partial charge in [-0.3, -0.25) is 10.1 Å². The summed E-state index contributed by atoms with van der Waals surface area (Å²) in [4.78, 5) is 9.64. The number of sulfonamides is 1. The highest BCUT2D eigenvalue weighted by Crippen LogP contribution is 2.32. The highest BCUT2D eigenvalue weighted by Gasteiger charge is 2.36. The van der Waals surface area contributed by atoms with Gasteiger partial charge in [0.1, 0.15) is 5.69 Å². The molecule has 0 spiro atoms. The number of nitrogens with zero attached hydrogens (tertiary/aromatic N) is 2. The maximum Gasteiger partial charge on any atom is 0.312 e. The lowest BCUT2D eigenvalue weighted by atomic mass is 10.3. The monoisotopic (exact) mass is 335 g/mol. The Kier molecular flexibility index (Phi) is 3.91. The van der Waals surface area contributed by atoms with E-state index >= 15 is 0 Å². The molecule has 1 aliphatic heterocycles. The second kappa shape index (κ2) is 5.24. The molecule has 0 atom stereocenters. The molecule has 1 aromatic rings. The van der Waals surface area contributed by atoms with Crippen LogP contribution in [0.3, 0.4) is 0 Å². The third-order valence-corrected chi connectivity index (χ3v) is 6.67. The minimum absolute atomic E-state index is 0.226. The van der Waals surface area contributed by atoms with E-state index in [0.717, 1.165) is 10.4 Å². The Morgan fingerprint density at radius 3 is 2.33 bits per heavy atom. The molecule has 1 saturated heterocycles. The van der Waals surface area contributed by atoms with Crippen molar-refractivity contribution in [3.05, 3.63) is 28.3 Å². The van der Waals surface area contributed by atoms with Gasteiger partial charge in [-0.2, -0.15) is 4.31 Å². The number of sulfone groups is 1. The largest absolute Gasteiger partial charge is 0.393 e. The maximum absolute atomic E-state index is 12.4. The lowest BCUT2D eigenvalue weighted by molar-refractivity contribution is -0.386. The van der Waals surface area contributed by atoms with Crippen LogP contribution in [-0.4, -0.2) is 50.7 Å². The predicted molar refractivity (Wildman–Crippen MR) is 74.9 cm³/mol. The number of rotatable bonds is 3. The molecule has 0 unspecified atom stereocenters. The van der Waals surface area contributed by atoms with Crippen molar-refractivity contribution in [2.45, 2.75) is 4.90 Å². The van der Waals surface area contributed by atoms with Crippen molar-refractivity contribution in [2.75, 3.05) is 30.3 Å². The van der Waals surface area contributed by atoms with E-state index in [0.29, 0.717) is 0 Å². The average Bonchev–Trinajstić information content (AvgIpc) is 2.37. The number of benzene rings is 1. The molecular formula is C10H13N3O6S2. The van der Waals surface area contributed by atoms with E-state index in [1.807, 2.05) is 0 Å². The third-order valence-electron chi connectivity index (χ3n) is 3.13. The summed E-state index contributed by atoms with van der Waals surface area (Å²) in [5.74, 6) is -0.606. The summed E-state index contributed by atoms with van der Waals surface area (Å²) in [6.45, 7) is -0.451. The molecule has 1 heterocycles. The Labute approximate surface area is 121 Å². The first-order valence-corrected chi connectivity index (χ1v) is 9.15. The second-order valence-electron chi connectivity index (χ2n) is 4.51. The van der Waals surface area contributed by atoms with Gasteiger partial charge in [0.25, 0.3) is 0 Å². The second-order valence-corrected chi connectivity index (χ2v) is 8.72. The van der Waals surface area contributed by atoms with Gasteiger partial charge in [0, 0.05) is 13.1 Å². The average molecular weight is 335 g/mol. The van der Waals surface area contributed by atoms with Gasteiger partial charge in [0.05, 0.1) is 16.4 Å². The number of anilines is 1. The van der Waals surface area contributed by atoms with Crippen LogP contribution in [0.1, 0.15) is 0 Å². The van der Waals surface area contributed by atoms with Crippen LogP contribution in [0.2, 0.25) is 0 Å². The van der Waals surface area contributed by atoms with E-state index < -0.39 is 35.4 Å². The van der Waals surface area contributed by atoms with Gasteiger partial charge in [-0.1, -0.05) is 6.07 Å². The molecular weight excluding hydrogens is 322 g/mol. The molecule has 0 saturated carbocycles. The highest BCUT2D eigenvalue weighted by molar-refractivity contribution is 7.92. The smallest absolute Gasteiger partial charge is 0.312 e. The van der Waals surface area contributed by atoms with Gasteiger partial charge >= 0.3 is 5.69 Å². The Bertz CT molecular complexity index is 773. The van der Waals surface area contributed by atoms with Crippen molar-refractivity contribution >= 4 is 31.2 Å². The number of nitrogen functional groups attached to an aromatic ring is 1. The summed E-state index contributed by atoms with van der Waals surface area (Å²) in [6, 6.07) is 3.63. The van der Waals surface area contributed by atoms with Gasteiger partial charge in [-0.05, 0) is 12.1 Å². The van der Waals surface area contributed by atoms with Gasteiger partial charge in [0.2, 0.25) is 10.0 Å². The van der Waals surface area contributed by atoms with Gasteiger partial charge in [-0.15, -0.1) is 0 Å². The maximum atomic E-state index is 12.4. The number of nitrogens with two attached hydrogens (primary N) is 1. The lowest BCUT2D eigenvalue weighted by Crippen LogP contribution is -2.43. The predicted octanol–water partition coefficient (Wildman–Crippen LogP) is -0.404. The molecule has 9 nitrogen and oxygen atoms in total. The standard InChI is InChI=1S/C10H13N3O6S2/c11-8-2-1-3-9(10(8)13(14)15)21(18,19)12-4-6-20(16,17)7-5-12/h1-3H,4-7,11H2. The quantitative estimate of drug-likeness (QED) is 0.450. The first-order chi connectivity index (χ1) is 9.65. The Morgan fingerprint density at radius 2 is 1.81 bits per heavy atom. The first-order valence-electron chi connectivity index (χ1n) is 5.88. The lowest BCUT2D eigenvalue weighted by Gasteiger charge is -2.25. The summed E-state index contributed by atoms with van der Waals surface area (Å²) < 4.78 is 48.5. The minimum atomic E-state index is -4.16. The van der Waals surface area contributed by atoms with Crippen LogP contribution < -0.4 is 5.73 Å². The molecule has 2 rings (SSSR count). The number of hydrogen-bond donors (Lipinski definition) is 1. The van der Waals surface area contributed by atoms with Crippen LogP contribution in [-0.2, 0) is 19.9 Å². The summed E-state index contributed by atoms with van der Waals surface area (Å²) in [6.07, 6.45) is 0.